The second-order valence-corrected chi connectivity index (χ2v) is 8.23. The van der Waals surface area contributed by atoms with Gasteiger partial charge in [-0.15, -0.1) is 0 Å². The first-order valence-corrected chi connectivity index (χ1v) is 4.37. The van der Waals surface area contributed by atoms with Crippen molar-refractivity contribution in [2.45, 2.75) is 8.32 Å². The van der Waals surface area contributed by atoms with Gasteiger partial charge in [-0.05, 0) is 0 Å². The van der Waals surface area contributed by atoms with Crippen molar-refractivity contribution in [3.63, 3.8) is 0 Å². The van der Waals surface area contributed by atoms with Gasteiger partial charge in [0.15, 0.2) is 2.14 Å². The van der Waals surface area contributed by atoms with Gasteiger partial charge >= 0.3 is 6.18 Å². The highest BCUT2D eigenvalue weighted by molar-refractivity contribution is 9.39. The number of alkyl halides is 6. The Morgan fingerprint density at radius 2 is 1.40 bits per heavy atom. The molecule has 0 atom stereocenters. The molecule has 0 nitrogen and oxygen atoms in total. The summed E-state index contributed by atoms with van der Waals surface area (Å²) in [5, 5.41) is 0. The van der Waals surface area contributed by atoms with Crippen molar-refractivity contribution in [1.29, 1.82) is 0 Å². The van der Waals surface area contributed by atoms with Crippen molar-refractivity contribution in [1.82, 2.24) is 0 Å². The van der Waals surface area contributed by atoms with E-state index in [1.54, 1.807) is 0 Å². The van der Waals surface area contributed by atoms with E-state index in [1.165, 1.54) is 0 Å². The molecule has 60 valence electrons. The SMILES string of the molecule is C=C(C(F)(F)F)C(Br)(Br)Br. The molecule has 6 heteroatoms. The molecule has 0 rings (SSSR count). The van der Waals surface area contributed by atoms with Gasteiger partial charge in [0.05, 0.1) is 5.57 Å². The van der Waals surface area contributed by atoms with E-state index in [-0.39, 0.29) is 0 Å². The normalized spacial score (nSPS) is 13.4. The molecule has 0 spiro atoms. The van der Waals surface area contributed by atoms with E-state index in [4.69, 9.17) is 0 Å². The van der Waals surface area contributed by atoms with Gasteiger partial charge < -0.3 is 0 Å². The Morgan fingerprint density at radius 3 is 1.40 bits per heavy atom. The van der Waals surface area contributed by atoms with Crippen LogP contribution in [-0.4, -0.2) is 8.32 Å². The zero-order valence-corrected chi connectivity index (χ0v) is 9.23. The lowest BCUT2D eigenvalue weighted by Crippen LogP contribution is -2.20. The molecule has 0 saturated heterocycles. The van der Waals surface area contributed by atoms with Crippen LogP contribution in [0.3, 0.4) is 0 Å². The van der Waals surface area contributed by atoms with E-state index in [1.807, 2.05) is 0 Å². The quantitative estimate of drug-likeness (QED) is 0.460. The first-order chi connectivity index (χ1) is 4.15. The standard InChI is InChI=1S/C4H2Br3F3/c1-2(3(5,6)7)4(8,9)10/h1H2. The lowest BCUT2D eigenvalue weighted by Gasteiger charge is -2.17. The van der Waals surface area contributed by atoms with Crippen molar-refractivity contribution in [2.24, 2.45) is 0 Å². The van der Waals surface area contributed by atoms with Gasteiger partial charge in [0.2, 0.25) is 0 Å². The van der Waals surface area contributed by atoms with Crippen molar-refractivity contribution < 1.29 is 13.2 Å². The Kier molecular flexibility index (Phi) is 3.45. The summed E-state index contributed by atoms with van der Waals surface area (Å²) in [6, 6.07) is 0. The molecule has 0 heterocycles. The summed E-state index contributed by atoms with van der Waals surface area (Å²) < 4.78 is 33.8. The topological polar surface area (TPSA) is 0 Å². The Morgan fingerprint density at radius 1 is 1.10 bits per heavy atom. The predicted octanol–water partition coefficient (Wildman–Crippen LogP) is 3.94. The predicted molar refractivity (Wildman–Crippen MR) is 44.7 cm³/mol. The first-order valence-electron chi connectivity index (χ1n) is 1.99. The zero-order chi connectivity index (χ0) is 8.58. The third-order valence-corrected chi connectivity index (χ3v) is 2.12. The van der Waals surface area contributed by atoms with Crippen molar-refractivity contribution in [3.05, 3.63) is 12.2 Å². The number of hydrogen-bond acceptors (Lipinski definition) is 0. The molecule has 0 aromatic heterocycles. The monoisotopic (exact) mass is 344 g/mol. The summed E-state index contributed by atoms with van der Waals surface area (Å²) in [5.74, 6) is 0. The maximum Gasteiger partial charge on any atom is 0.415 e. The maximum absolute atomic E-state index is 11.8. The van der Waals surface area contributed by atoms with E-state index in [2.05, 4.69) is 54.4 Å². The van der Waals surface area contributed by atoms with Gasteiger partial charge in [0, 0.05) is 0 Å². The number of rotatable bonds is 0. The third kappa shape index (κ3) is 3.39. The second-order valence-electron chi connectivity index (χ2n) is 1.47. The van der Waals surface area contributed by atoms with E-state index in [0.29, 0.717) is 0 Å². The van der Waals surface area contributed by atoms with E-state index >= 15 is 0 Å². The lowest BCUT2D eigenvalue weighted by atomic mass is 10.3. The molecule has 0 aromatic carbocycles. The van der Waals surface area contributed by atoms with Crippen LogP contribution in [0, 0.1) is 0 Å². The largest absolute Gasteiger partial charge is 0.415 e. The van der Waals surface area contributed by atoms with Gasteiger partial charge in [0.1, 0.15) is 0 Å². The Bertz CT molecular complexity index is 127. The van der Waals surface area contributed by atoms with E-state index < -0.39 is 13.9 Å². The fourth-order valence-electron chi connectivity index (χ4n) is 0.161. The maximum atomic E-state index is 11.8. The van der Waals surface area contributed by atoms with Crippen molar-refractivity contribution in [2.75, 3.05) is 0 Å². The fourth-order valence-corrected chi connectivity index (χ4v) is 0.835. The number of allylic oxidation sites excluding steroid dienone is 1. The smallest absolute Gasteiger partial charge is 0.166 e. The third-order valence-electron chi connectivity index (χ3n) is 0.684. The van der Waals surface area contributed by atoms with Crippen LogP contribution in [0.5, 0.6) is 0 Å². The van der Waals surface area contributed by atoms with Gasteiger partial charge in [0.25, 0.3) is 0 Å². The highest BCUT2D eigenvalue weighted by Gasteiger charge is 2.42. The van der Waals surface area contributed by atoms with Crippen LogP contribution in [-0.2, 0) is 0 Å². The molecule has 0 aliphatic rings. The minimum absolute atomic E-state index is 0.931. The molecule has 0 N–H and O–H groups in total. The number of halogens is 6. The van der Waals surface area contributed by atoms with Crippen LogP contribution in [0.15, 0.2) is 12.2 Å². The summed E-state index contributed by atoms with van der Waals surface area (Å²) in [4.78, 5) is 0. The van der Waals surface area contributed by atoms with Crippen LogP contribution in [0.1, 0.15) is 0 Å². The number of hydrogen-bond donors (Lipinski definition) is 0. The Labute approximate surface area is 81.2 Å². The van der Waals surface area contributed by atoms with Crippen molar-refractivity contribution in [3.8, 4) is 0 Å². The Hall–Kier alpha value is 0.970. The first kappa shape index (κ1) is 11.0. The van der Waals surface area contributed by atoms with E-state index in [9.17, 15) is 13.2 Å². The minimum atomic E-state index is -4.39. The molecular formula is C4H2Br3F3. The lowest BCUT2D eigenvalue weighted by molar-refractivity contribution is -0.0914. The van der Waals surface area contributed by atoms with E-state index in [0.717, 1.165) is 0 Å². The summed E-state index contributed by atoms with van der Waals surface area (Å²) >= 11 is 8.08. The molecule has 0 aliphatic heterocycles. The average molecular weight is 347 g/mol. The summed E-state index contributed by atoms with van der Waals surface area (Å²) in [5.41, 5.74) is -0.931. The van der Waals surface area contributed by atoms with Gasteiger partial charge in [-0.2, -0.15) is 13.2 Å². The highest BCUT2D eigenvalue weighted by atomic mass is 80.0. The molecule has 0 aromatic rings. The highest BCUT2D eigenvalue weighted by Crippen LogP contribution is 2.46. The van der Waals surface area contributed by atoms with Crippen LogP contribution < -0.4 is 0 Å². The van der Waals surface area contributed by atoms with Crippen LogP contribution in [0.4, 0.5) is 13.2 Å². The molecule has 0 radical (unpaired) electrons. The molecule has 0 aliphatic carbocycles. The minimum Gasteiger partial charge on any atom is -0.166 e. The second kappa shape index (κ2) is 3.15. The zero-order valence-electron chi connectivity index (χ0n) is 4.47. The van der Waals surface area contributed by atoms with Gasteiger partial charge in [-0.1, -0.05) is 54.4 Å². The summed E-state index contributed by atoms with van der Waals surface area (Å²) in [6.45, 7) is 2.83. The molecule has 0 bridgehead atoms. The van der Waals surface area contributed by atoms with Gasteiger partial charge in [-0.25, -0.2) is 0 Å². The molecule has 0 amide bonds. The molecule has 10 heavy (non-hydrogen) atoms. The summed E-state index contributed by atoms with van der Waals surface area (Å²) in [7, 11) is 0. The average Bonchev–Trinajstić information content (AvgIpc) is 1.59. The molecule has 0 unspecified atom stereocenters. The molecular weight excluding hydrogens is 345 g/mol. The van der Waals surface area contributed by atoms with Crippen LogP contribution in [0.2, 0.25) is 0 Å². The molecule has 0 fully saturated rings. The Balaban J connectivity index is 4.40. The van der Waals surface area contributed by atoms with Crippen molar-refractivity contribution >= 4 is 47.8 Å². The van der Waals surface area contributed by atoms with Crippen LogP contribution in [0.25, 0.3) is 0 Å². The van der Waals surface area contributed by atoms with Gasteiger partial charge in [-0.3, -0.25) is 0 Å². The summed E-state index contributed by atoms with van der Waals surface area (Å²) in [6.07, 6.45) is -4.39. The van der Waals surface area contributed by atoms with Crippen LogP contribution >= 0.6 is 47.8 Å². The fraction of sp³-hybridized carbons (Fsp3) is 0.500. The molecule has 0 saturated carbocycles.